The zero-order valence-electron chi connectivity index (χ0n) is 17.0. The molecule has 2 aromatic heterocycles. The van der Waals surface area contributed by atoms with Gasteiger partial charge < -0.3 is 14.9 Å². The van der Waals surface area contributed by atoms with Crippen LogP contribution in [-0.4, -0.2) is 26.5 Å². The molecular weight excluding hydrogens is 368 g/mol. The van der Waals surface area contributed by atoms with Crippen LogP contribution in [0.5, 0.6) is 0 Å². The van der Waals surface area contributed by atoms with Crippen molar-refractivity contribution in [2.75, 3.05) is 17.3 Å². The zero-order chi connectivity index (χ0) is 19.9. The highest BCUT2D eigenvalue weighted by Crippen LogP contribution is 2.16. The molecule has 0 radical (unpaired) electrons. The number of thioether (sulfide) groups is 1. The molecule has 1 aromatic carbocycles. The lowest BCUT2D eigenvalue weighted by Gasteiger charge is -2.10. The molecule has 2 heterocycles. The minimum Gasteiger partial charge on any atom is -0.367 e. The van der Waals surface area contributed by atoms with E-state index in [0.717, 1.165) is 24.9 Å². The second-order valence-corrected chi connectivity index (χ2v) is 8.19. The Hall–Kier alpha value is -2.21. The number of aromatic amines is 1. The van der Waals surface area contributed by atoms with Crippen LogP contribution in [0.15, 0.2) is 35.4 Å². The summed E-state index contributed by atoms with van der Waals surface area (Å²) in [5.41, 5.74) is 5.21. The zero-order valence-corrected chi connectivity index (χ0v) is 17.9. The molecule has 0 aliphatic rings. The highest BCUT2D eigenvalue weighted by Gasteiger charge is 2.09. The van der Waals surface area contributed by atoms with Gasteiger partial charge >= 0.3 is 0 Å². The maximum absolute atomic E-state index is 12.6. The van der Waals surface area contributed by atoms with Gasteiger partial charge in [-0.15, -0.1) is 0 Å². The minimum atomic E-state index is -0.0835. The minimum absolute atomic E-state index is 0.0835. The van der Waals surface area contributed by atoms with E-state index in [4.69, 9.17) is 0 Å². The summed E-state index contributed by atoms with van der Waals surface area (Å²) in [6, 6.07) is 8.44. The smallest absolute Gasteiger partial charge is 0.275 e. The molecule has 0 saturated carbocycles. The Morgan fingerprint density at radius 1 is 1.21 bits per heavy atom. The van der Waals surface area contributed by atoms with E-state index in [0.29, 0.717) is 17.9 Å². The molecule has 3 rings (SSSR count). The number of imidazole rings is 1. The van der Waals surface area contributed by atoms with Crippen molar-refractivity contribution in [3.05, 3.63) is 57.6 Å². The molecule has 2 N–H and O–H groups in total. The summed E-state index contributed by atoms with van der Waals surface area (Å²) in [5, 5.41) is 3.33. The lowest BCUT2D eigenvalue weighted by molar-refractivity contribution is 0.614. The summed E-state index contributed by atoms with van der Waals surface area (Å²) in [5.74, 6) is 1.91. The van der Waals surface area contributed by atoms with E-state index in [1.807, 2.05) is 22.4 Å². The number of benzene rings is 1. The number of fused-ring (bicyclic) bond motifs is 1. The van der Waals surface area contributed by atoms with E-state index in [-0.39, 0.29) is 5.56 Å². The van der Waals surface area contributed by atoms with Crippen molar-refractivity contribution in [3.63, 3.8) is 0 Å². The van der Waals surface area contributed by atoms with Gasteiger partial charge in [-0.1, -0.05) is 31.5 Å². The van der Waals surface area contributed by atoms with Gasteiger partial charge in [0.2, 0.25) is 0 Å². The molecule has 3 aromatic rings. The lowest BCUT2D eigenvalue weighted by Crippen LogP contribution is -2.14. The number of hydrogen-bond donors (Lipinski definition) is 2. The topological polar surface area (TPSA) is 62.7 Å². The molecule has 0 bridgehead atoms. The lowest BCUT2D eigenvalue weighted by atomic mass is 10.0. The van der Waals surface area contributed by atoms with Crippen molar-refractivity contribution >= 4 is 28.6 Å². The fraction of sp³-hybridized carbons (Fsp3) is 0.455. The quantitative estimate of drug-likeness (QED) is 0.484. The number of aromatic nitrogens is 3. The van der Waals surface area contributed by atoms with Crippen LogP contribution in [-0.2, 0) is 19.5 Å². The molecule has 6 heteroatoms. The third-order valence-corrected chi connectivity index (χ3v) is 5.83. The number of unbranched alkanes of at least 4 members (excludes halogenated alkanes) is 2. The number of anilines is 1. The summed E-state index contributed by atoms with van der Waals surface area (Å²) < 4.78 is 1.98. The van der Waals surface area contributed by atoms with E-state index in [2.05, 4.69) is 53.6 Å². The Bertz CT molecular complexity index is 976. The predicted octanol–water partition coefficient (Wildman–Crippen LogP) is 4.74. The maximum Gasteiger partial charge on any atom is 0.275 e. The predicted molar refractivity (Wildman–Crippen MR) is 120 cm³/mol. The van der Waals surface area contributed by atoms with Crippen LogP contribution in [0.25, 0.3) is 11.0 Å². The Kier molecular flexibility index (Phi) is 7.20. The van der Waals surface area contributed by atoms with E-state index in [1.54, 1.807) is 6.33 Å². The van der Waals surface area contributed by atoms with Crippen LogP contribution >= 0.6 is 11.8 Å². The first-order chi connectivity index (χ1) is 13.6. The molecule has 0 amide bonds. The number of nitrogens with zero attached hydrogens (tertiary/aromatic N) is 2. The van der Waals surface area contributed by atoms with Gasteiger partial charge in [0, 0.05) is 19.2 Å². The second kappa shape index (κ2) is 9.82. The van der Waals surface area contributed by atoms with Gasteiger partial charge in [0.1, 0.15) is 11.3 Å². The molecule has 0 atom stereocenters. The van der Waals surface area contributed by atoms with Gasteiger partial charge in [-0.05, 0) is 54.9 Å². The monoisotopic (exact) mass is 398 g/mol. The number of nitrogens with one attached hydrogen (secondary N) is 2. The van der Waals surface area contributed by atoms with Crippen molar-refractivity contribution in [2.24, 2.45) is 0 Å². The highest BCUT2D eigenvalue weighted by atomic mass is 32.2. The van der Waals surface area contributed by atoms with Crippen molar-refractivity contribution in [3.8, 4) is 0 Å². The number of rotatable bonds is 10. The second-order valence-electron chi connectivity index (χ2n) is 7.21. The van der Waals surface area contributed by atoms with Gasteiger partial charge in [-0.25, -0.2) is 4.98 Å². The molecule has 150 valence electrons. The molecule has 0 unspecified atom stereocenters. The Morgan fingerprint density at radius 2 is 2.07 bits per heavy atom. The average molecular weight is 399 g/mol. The highest BCUT2D eigenvalue weighted by molar-refractivity contribution is 7.98. The molecule has 0 aliphatic carbocycles. The molecule has 0 spiro atoms. The van der Waals surface area contributed by atoms with Gasteiger partial charge in [0.05, 0.1) is 11.8 Å². The molecule has 0 aliphatic heterocycles. The molecule has 0 saturated heterocycles. The van der Waals surface area contributed by atoms with E-state index in [9.17, 15) is 4.79 Å². The first-order valence-electron chi connectivity index (χ1n) is 10.0. The normalized spacial score (nSPS) is 11.2. The molecule has 5 nitrogen and oxygen atoms in total. The van der Waals surface area contributed by atoms with Gasteiger partial charge in [-0.3, -0.25) is 4.79 Å². The molecule has 28 heavy (non-hydrogen) atoms. The van der Waals surface area contributed by atoms with E-state index < -0.39 is 0 Å². The summed E-state index contributed by atoms with van der Waals surface area (Å²) in [6.45, 7) is 5.82. The third-order valence-electron chi connectivity index (χ3n) is 5.14. The molecule has 0 fully saturated rings. The average Bonchev–Trinajstić information content (AvgIpc) is 3.10. The summed E-state index contributed by atoms with van der Waals surface area (Å²) in [4.78, 5) is 20.0. The Morgan fingerprint density at radius 3 is 2.86 bits per heavy atom. The number of aryl methyl sites for hydroxylation is 3. The van der Waals surface area contributed by atoms with Gasteiger partial charge in [0.15, 0.2) is 0 Å². The van der Waals surface area contributed by atoms with E-state index in [1.165, 1.54) is 35.3 Å². The maximum atomic E-state index is 12.6. The van der Waals surface area contributed by atoms with Crippen molar-refractivity contribution < 1.29 is 0 Å². The van der Waals surface area contributed by atoms with Gasteiger partial charge in [-0.2, -0.15) is 11.8 Å². The first-order valence-corrected chi connectivity index (χ1v) is 11.4. The van der Waals surface area contributed by atoms with Crippen molar-refractivity contribution in [1.82, 2.24) is 14.5 Å². The van der Waals surface area contributed by atoms with Crippen LogP contribution < -0.4 is 10.9 Å². The fourth-order valence-electron chi connectivity index (χ4n) is 3.49. The van der Waals surface area contributed by atoms with E-state index >= 15 is 0 Å². The summed E-state index contributed by atoms with van der Waals surface area (Å²) in [6.07, 6.45) is 8.41. The Labute approximate surface area is 171 Å². The number of hydrogen-bond acceptors (Lipinski definition) is 4. The third kappa shape index (κ3) is 4.98. The summed E-state index contributed by atoms with van der Waals surface area (Å²) >= 11 is 1.88. The standard InChI is InChI=1S/C22H30N4OS/c1-4-18-12-17(9-8-16(18)2)14-23-20-13-19-21(22(27)25-20)26(15-24-19)10-6-5-7-11-28-3/h8-9,12-13,15H,4-7,10-11,14H2,1-3H3,(H2,23,25,27). The Balaban J connectivity index is 1.68. The van der Waals surface area contributed by atoms with Crippen LogP contribution in [0.1, 0.15) is 42.9 Å². The van der Waals surface area contributed by atoms with Crippen molar-refractivity contribution in [1.29, 1.82) is 0 Å². The first kappa shape index (κ1) is 20.5. The number of H-pyrrole nitrogens is 1. The van der Waals surface area contributed by atoms with Gasteiger partial charge in [0.25, 0.3) is 5.56 Å². The van der Waals surface area contributed by atoms with Crippen LogP contribution in [0.2, 0.25) is 0 Å². The van der Waals surface area contributed by atoms with Crippen LogP contribution in [0.3, 0.4) is 0 Å². The SMILES string of the molecule is CCc1cc(CNc2cc3ncn(CCCCCSC)c3c(=O)[nH]2)ccc1C. The largest absolute Gasteiger partial charge is 0.367 e. The van der Waals surface area contributed by atoms with Crippen LogP contribution in [0.4, 0.5) is 5.82 Å². The number of pyridine rings is 1. The fourth-order valence-corrected chi connectivity index (χ4v) is 3.98. The summed E-state index contributed by atoms with van der Waals surface area (Å²) in [7, 11) is 0. The molecular formula is C22H30N4OS. The van der Waals surface area contributed by atoms with Crippen molar-refractivity contribution in [2.45, 2.75) is 52.6 Å². The van der Waals surface area contributed by atoms with Crippen LogP contribution in [0, 0.1) is 6.92 Å².